The fourth-order valence-corrected chi connectivity index (χ4v) is 11.3. The molecule has 5 nitrogen and oxygen atoms in total. The van der Waals surface area contributed by atoms with Crippen LogP contribution in [0.15, 0.2) is 22.5 Å². The van der Waals surface area contributed by atoms with Gasteiger partial charge in [0.1, 0.15) is 12.2 Å². The highest BCUT2D eigenvalue weighted by Crippen LogP contribution is 2.46. The normalized spacial score (nSPS) is 31.0. The molecular formula is C37H57NO4S2. The molecule has 0 aromatic heterocycles. The monoisotopic (exact) mass is 643 g/mol. The Labute approximate surface area is 276 Å². The van der Waals surface area contributed by atoms with Gasteiger partial charge in [-0.25, -0.2) is 9.59 Å². The standard InChI is InChI=1S/C37H57NO4S2/c1-3-9-27-11-15-29(16-12-27)30-19-21-33(22-20-30)42-36(40)34(24-38)37-43-25-32(26-44-37)31-17-13-28(14-18-31)10-7-5-6-8-23-41-35(39)4-2/h4,27-33H,2-3,5-23,25-26H2,1H3. The molecule has 0 amide bonds. The number of carbonyl (C=O) groups is 2. The minimum atomic E-state index is -0.386. The summed E-state index contributed by atoms with van der Waals surface area (Å²) in [4.78, 5) is 24.2. The Kier molecular flexibility index (Phi) is 15.6. The summed E-state index contributed by atoms with van der Waals surface area (Å²) in [5, 5.41) is 9.90. The number of carbonyl (C=O) groups excluding carboxylic acids is 2. The van der Waals surface area contributed by atoms with Crippen LogP contribution in [-0.4, -0.2) is 36.2 Å². The molecule has 0 unspecified atom stereocenters. The number of nitrogens with zero attached hydrogens (tertiary/aromatic N) is 1. The van der Waals surface area contributed by atoms with Gasteiger partial charge < -0.3 is 9.47 Å². The van der Waals surface area contributed by atoms with E-state index in [4.69, 9.17) is 9.47 Å². The summed E-state index contributed by atoms with van der Waals surface area (Å²) in [6.45, 7) is 6.23. The summed E-state index contributed by atoms with van der Waals surface area (Å²) in [6, 6.07) is 2.22. The first-order chi connectivity index (χ1) is 21.5. The lowest BCUT2D eigenvalue weighted by atomic mass is 9.70. The maximum absolute atomic E-state index is 13.1. The maximum Gasteiger partial charge on any atom is 0.350 e. The van der Waals surface area contributed by atoms with E-state index in [0.717, 1.165) is 71.0 Å². The molecule has 3 saturated carbocycles. The van der Waals surface area contributed by atoms with Crippen LogP contribution in [-0.2, 0) is 19.1 Å². The average molecular weight is 644 g/mol. The Bertz CT molecular complexity index is 972. The van der Waals surface area contributed by atoms with E-state index < -0.39 is 0 Å². The molecule has 4 aliphatic rings. The molecular weight excluding hydrogens is 587 g/mol. The van der Waals surface area contributed by atoms with Crippen LogP contribution in [0.5, 0.6) is 0 Å². The second kappa shape index (κ2) is 19.3. The van der Waals surface area contributed by atoms with Crippen molar-refractivity contribution in [1.29, 1.82) is 5.26 Å². The molecule has 0 bridgehead atoms. The molecule has 3 aliphatic carbocycles. The van der Waals surface area contributed by atoms with E-state index in [1.807, 2.05) is 0 Å². The molecule has 246 valence electrons. The van der Waals surface area contributed by atoms with Crippen molar-refractivity contribution < 1.29 is 19.1 Å². The summed E-state index contributed by atoms with van der Waals surface area (Å²) in [7, 11) is 0. The van der Waals surface area contributed by atoms with Gasteiger partial charge in [-0.3, -0.25) is 0 Å². The fourth-order valence-electron chi connectivity index (χ4n) is 8.36. The van der Waals surface area contributed by atoms with E-state index in [0.29, 0.717) is 12.5 Å². The number of nitriles is 1. The molecule has 0 aromatic carbocycles. The molecule has 1 saturated heterocycles. The number of esters is 2. The Morgan fingerprint density at radius 1 is 0.795 bits per heavy atom. The Morgan fingerprint density at radius 2 is 1.34 bits per heavy atom. The van der Waals surface area contributed by atoms with E-state index in [1.54, 1.807) is 23.5 Å². The lowest BCUT2D eigenvalue weighted by molar-refractivity contribution is -0.146. The van der Waals surface area contributed by atoms with Crippen LogP contribution in [0.25, 0.3) is 0 Å². The van der Waals surface area contributed by atoms with Crippen molar-refractivity contribution >= 4 is 35.5 Å². The lowest BCUT2D eigenvalue weighted by Crippen LogP contribution is -2.30. The van der Waals surface area contributed by atoms with Gasteiger partial charge in [0.05, 0.1) is 10.8 Å². The maximum atomic E-state index is 13.1. The number of hydrogen-bond donors (Lipinski definition) is 0. The van der Waals surface area contributed by atoms with E-state index in [-0.39, 0.29) is 23.6 Å². The first-order valence-corrected chi connectivity index (χ1v) is 19.9. The zero-order valence-corrected chi connectivity index (χ0v) is 28.9. The summed E-state index contributed by atoms with van der Waals surface area (Å²) in [5.74, 6) is 6.21. The summed E-state index contributed by atoms with van der Waals surface area (Å²) >= 11 is 3.44. The predicted molar refractivity (Wildman–Crippen MR) is 183 cm³/mol. The fraction of sp³-hybridized carbons (Fsp3) is 0.811. The molecule has 0 radical (unpaired) electrons. The topological polar surface area (TPSA) is 76.4 Å². The molecule has 4 fully saturated rings. The van der Waals surface area contributed by atoms with E-state index in [2.05, 4.69) is 19.6 Å². The molecule has 4 rings (SSSR count). The second-order valence-corrected chi connectivity index (χ2v) is 16.3. The first-order valence-electron chi connectivity index (χ1n) is 17.9. The highest BCUT2D eigenvalue weighted by molar-refractivity contribution is 8.22. The van der Waals surface area contributed by atoms with E-state index in [9.17, 15) is 14.9 Å². The van der Waals surface area contributed by atoms with Gasteiger partial charge in [-0.05, 0) is 93.3 Å². The van der Waals surface area contributed by atoms with Crippen LogP contribution in [0.1, 0.15) is 129 Å². The van der Waals surface area contributed by atoms with Crippen molar-refractivity contribution in [3.05, 3.63) is 22.5 Å². The SMILES string of the molecule is C=CC(=O)OCCCCCCC1CCC(C2CSC(=C(C#N)C(=O)OC3CCC(C4CCC(CCC)CC4)CC3)SC2)CC1. The summed E-state index contributed by atoms with van der Waals surface area (Å²) in [6.07, 6.45) is 24.9. The van der Waals surface area contributed by atoms with Crippen LogP contribution in [0, 0.1) is 46.8 Å². The van der Waals surface area contributed by atoms with Gasteiger partial charge in [-0.15, -0.1) is 23.5 Å². The molecule has 0 spiro atoms. The van der Waals surface area contributed by atoms with Crippen LogP contribution in [0.2, 0.25) is 0 Å². The average Bonchev–Trinajstić information content (AvgIpc) is 3.06. The van der Waals surface area contributed by atoms with Gasteiger partial charge in [0.15, 0.2) is 5.57 Å². The van der Waals surface area contributed by atoms with Crippen molar-refractivity contribution in [2.24, 2.45) is 35.5 Å². The third-order valence-corrected chi connectivity index (χ3v) is 13.9. The smallest absolute Gasteiger partial charge is 0.350 e. The van der Waals surface area contributed by atoms with Crippen molar-refractivity contribution in [1.82, 2.24) is 0 Å². The van der Waals surface area contributed by atoms with E-state index >= 15 is 0 Å². The van der Waals surface area contributed by atoms with E-state index in [1.165, 1.54) is 102 Å². The van der Waals surface area contributed by atoms with Gasteiger partial charge in [0.25, 0.3) is 0 Å². The quantitative estimate of drug-likeness (QED) is 0.0807. The van der Waals surface area contributed by atoms with Gasteiger partial charge in [0, 0.05) is 17.6 Å². The van der Waals surface area contributed by atoms with Crippen LogP contribution in [0.3, 0.4) is 0 Å². The predicted octanol–water partition coefficient (Wildman–Crippen LogP) is 10.0. The van der Waals surface area contributed by atoms with Gasteiger partial charge in [0.2, 0.25) is 0 Å². The lowest BCUT2D eigenvalue weighted by Gasteiger charge is -2.37. The third kappa shape index (κ3) is 11.1. The molecule has 1 aliphatic heterocycles. The van der Waals surface area contributed by atoms with Crippen molar-refractivity contribution in [2.45, 2.75) is 135 Å². The largest absolute Gasteiger partial charge is 0.463 e. The van der Waals surface area contributed by atoms with Gasteiger partial charge >= 0.3 is 11.9 Å². The molecule has 7 heteroatoms. The van der Waals surface area contributed by atoms with Crippen molar-refractivity contribution in [3.8, 4) is 6.07 Å². The third-order valence-electron chi connectivity index (χ3n) is 11.1. The number of hydrogen-bond acceptors (Lipinski definition) is 7. The Hall–Kier alpha value is -1.39. The van der Waals surface area contributed by atoms with Gasteiger partial charge in [-0.2, -0.15) is 5.26 Å². The van der Waals surface area contributed by atoms with Crippen molar-refractivity contribution in [3.63, 3.8) is 0 Å². The van der Waals surface area contributed by atoms with Crippen molar-refractivity contribution in [2.75, 3.05) is 18.1 Å². The zero-order valence-electron chi connectivity index (χ0n) is 27.3. The Morgan fingerprint density at radius 3 is 1.91 bits per heavy atom. The number of thioether (sulfide) groups is 2. The number of ether oxygens (including phenoxy) is 2. The Balaban J connectivity index is 1.10. The minimum Gasteiger partial charge on any atom is -0.463 e. The van der Waals surface area contributed by atoms with Crippen LogP contribution in [0.4, 0.5) is 0 Å². The summed E-state index contributed by atoms with van der Waals surface area (Å²) in [5.41, 5.74) is 0.248. The van der Waals surface area contributed by atoms with Crippen LogP contribution >= 0.6 is 23.5 Å². The highest BCUT2D eigenvalue weighted by Gasteiger charge is 2.34. The molecule has 0 aromatic rings. The highest BCUT2D eigenvalue weighted by atomic mass is 32.2. The number of rotatable bonds is 14. The second-order valence-electron chi connectivity index (χ2n) is 14.0. The summed E-state index contributed by atoms with van der Waals surface area (Å²) < 4.78 is 11.9. The molecule has 0 N–H and O–H groups in total. The number of unbranched alkanes of at least 4 members (excludes halogenated alkanes) is 3. The minimum absolute atomic E-state index is 0.0253. The molecule has 1 heterocycles. The van der Waals surface area contributed by atoms with Crippen LogP contribution < -0.4 is 0 Å². The molecule has 44 heavy (non-hydrogen) atoms. The zero-order chi connectivity index (χ0) is 31.1. The molecule has 0 atom stereocenters. The first kappa shape index (κ1) is 35.5. The van der Waals surface area contributed by atoms with Gasteiger partial charge in [-0.1, -0.05) is 77.7 Å².